The van der Waals surface area contributed by atoms with Gasteiger partial charge in [0.2, 0.25) is 0 Å². The van der Waals surface area contributed by atoms with E-state index in [1.54, 1.807) is 0 Å². The molecule has 0 heterocycles. The molecule has 1 aromatic rings. The maximum absolute atomic E-state index is 12.6. The van der Waals surface area contributed by atoms with Crippen LogP contribution < -0.4 is 4.74 Å². The molecule has 0 aliphatic carbocycles. The number of ether oxygens (including phenoxy) is 2. The van der Waals surface area contributed by atoms with Crippen LogP contribution in [0.3, 0.4) is 0 Å². The molecule has 14 heavy (non-hydrogen) atoms. The molecule has 76 valence electrons. The normalized spacial score (nSPS) is 9.93. The standard InChI is InChI=1S/C9H8BrFO3/c1-13-5-9(12)14-8-3-2-6(11)4-7(8)10/h2-4H,5H2,1H3. The Kier molecular flexibility index (Phi) is 4.03. The van der Waals surface area contributed by atoms with Gasteiger partial charge in [-0.2, -0.15) is 0 Å². The molecule has 0 unspecified atom stereocenters. The van der Waals surface area contributed by atoms with Crippen LogP contribution in [0.5, 0.6) is 5.75 Å². The first kappa shape index (κ1) is 11.1. The van der Waals surface area contributed by atoms with Gasteiger partial charge in [-0.15, -0.1) is 0 Å². The second kappa shape index (κ2) is 5.07. The molecule has 1 aromatic carbocycles. The second-order valence-electron chi connectivity index (χ2n) is 2.48. The van der Waals surface area contributed by atoms with E-state index in [-0.39, 0.29) is 12.4 Å². The van der Waals surface area contributed by atoms with Gasteiger partial charge in [0.25, 0.3) is 0 Å². The number of methoxy groups -OCH3 is 1. The SMILES string of the molecule is COCC(=O)Oc1ccc(F)cc1Br. The van der Waals surface area contributed by atoms with Crippen LogP contribution in [0.4, 0.5) is 4.39 Å². The highest BCUT2D eigenvalue weighted by atomic mass is 79.9. The van der Waals surface area contributed by atoms with Crippen molar-refractivity contribution in [2.24, 2.45) is 0 Å². The third kappa shape index (κ3) is 3.08. The first-order valence-corrected chi connectivity index (χ1v) is 4.57. The summed E-state index contributed by atoms with van der Waals surface area (Å²) < 4.78 is 22.5. The summed E-state index contributed by atoms with van der Waals surface area (Å²) in [5.41, 5.74) is 0. The molecule has 0 aliphatic heterocycles. The molecule has 0 N–H and O–H groups in total. The van der Waals surface area contributed by atoms with Gasteiger partial charge in [0.15, 0.2) is 0 Å². The van der Waals surface area contributed by atoms with Crippen LogP contribution >= 0.6 is 15.9 Å². The zero-order chi connectivity index (χ0) is 10.6. The Balaban J connectivity index is 2.72. The largest absolute Gasteiger partial charge is 0.424 e. The molecule has 0 aliphatic rings. The van der Waals surface area contributed by atoms with E-state index in [1.165, 1.54) is 25.3 Å². The van der Waals surface area contributed by atoms with Crippen LogP contribution in [0.15, 0.2) is 22.7 Å². The topological polar surface area (TPSA) is 35.5 Å². The highest BCUT2D eigenvalue weighted by Crippen LogP contribution is 2.25. The zero-order valence-electron chi connectivity index (χ0n) is 7.42. The minimum Gasteiger partial charge on any atom is -0.424 e. The van der Waals surface area contributed by atoms with Crippen molar-refractivity contribution in [1.82, 2.24) is 0 Å². The number of esters is 1. The summed E-state index contributed by atoms with van der Waals surface area (Å²) in [5.74, 6) is -0.656. The predicted molar refractivity (Wildman–Crippen MR) is 51.6 cm³/mol. The number of hydrogen-bond acceptors (Lipinski definition) is 3. The molecule has 0 atom stereocenters. The molecule has 1 rings (SSSR count). The van der Waals surface area contributed by atoms with E-state index >= 15 is 0 Å². The van der Waals surface area contributed by atoms with E-state index in [1.807, 2.05) is 0 Å². The highest BCUT2D eigenvalue weighted by Gasteiger charge is 2.07. The summed E-state index contributed by atoms with van der Waals surface area (Å²) in [6.45, 7) is -0.135. The van der Waals surface area contributed by atoms with Crippen molar-refractivity contribution in [3.8, 4) is 5.75 Å². The summed E-state index contributed by atoms with van der Waals surface area (Å²) in [7, 11) is 1.39. The van der Waals surface area contributed by atoms with Crippen molar-refractivity contribution in [3.05, 3.63) is 28.5 Å². The predicted octanol–water partition coefficient (Wildman–Crippen LogP) is 2.14. The molecular weight excluding hydrogens is 255 g/mol. The molecule has 0 amide bonds. The third-order valence-corrected chi connectivity index (χ3v) is 2.00. The minimum absolute atomic E-state index is 0.135. The lowest BCUT2D eigenvalue weighted by Gasteiger charge is -2.05. The minimum atomic E-state index is -0.528. The van der Waals surface area contributed by atoms with Gasteiger partial charge < -0.3 is 9.47 Å². The highest BCUT2D eigenvalue weighted by molar-refractivity contribution is 9.10. The Hall–Kier alpha value is -0.940. The van der Waals surface area contributed by atoms with Gasteiger partial charge in [-0.3, -0.25) is 0 Å². The van der Waals surface area contributed by atoms with Crippen LogP contribution in [-0.2, 0) is 9.53 Å². The fourth-order valence-electron chi connectivity index (χ4n) is 0.828. The lowest BCUT2D eigenvalue weighted by Crippen LogP contribution is -2.14. The molecule has 0 radical (unpaired) electrons. The van der Waals surface area contributed by atoms with Crippen molar-refractivity contribution < 1.29 is 18.7 Å². The molecule has 0 fully saturated rings. The maximum atomic E-state index is 12.6. The summed E-state index contributed by atoms with van der Waals surface area (Å²) in [5, 5.41) is 0. The van der Waals surface area contributed by atoms with Crippen LogP contribution in [0, 0.1) is 5.82 Å². The number of rotatable bonds is 3. The van der Waals surface area contributed by atoms with E-state index in [9.17, 15) is 9.18 Å². The summed E-state index contributed by atoms with van der Waals surface area (Å²) in [4.78, 5) is 11.0. The molecule has 0 saturated carbocycles. The van der Waals surface area contributed by atoms with Crippen molar-refractivity contribution >= 4 is 21.9 Å². The molecule has 5 heteroatoms. The van der Waals surface area contributed by atoms with Crippen LogP contribution in [0.25, 0.3) is 0 Å². The Labute approximate surface area is 88.9 Å². The molecule has 0 bridgehead atoms. The summed E-state index contributed by atoms with van der Waals surface area (Å²) >= 11 is 3.07. The number of halogens is 2. The Morgan fingerprint density at radius 1 is 1.57 bits per heavy atom. The summed E-state index contributed by atoms with van der Waals surface area (Å²) in [6, 6.07) is 3.79. The smallest absolute Gasteiger partial charge is 0.337 e. The number of benzene rings is 1. The van der Waals surface area contributed by atoms with Crippen molar-refractivity contribution in [3.63, 3.8) is 0 Å². The average molecular weight is 263 g/mol. The van der Waals surface area contributed by atoms with Gasteiger partial charge in [-0.1, -0.05) is 0 Å². The van der Waals surface area contributed by atoms with Gasteiger partial charge >= 0.3 is 5.97 Å². The molecule has 3 nitrogen and oxygen atoms in total. The lowest BCUT2D eigenvalue weighted by atomic mass is 10.3. The van der Waals surface area contributed by atoms with E-state index in [0.717, 1.165) is 0 Å². The number of carbonyl (C=O) groups excluding carboxylic acids is 1. The van der Waals surface area contributed by atoms with E-state index < -0.39 is 11.8 Å². The van der Waals surface area contributed by atoms with Crippen molar-refractivity contribution in [2.45, 2.75) is 0 Å². The van der Waals surface area contributed by atoms with Crippen LogP contribution in [0.1, 0.15) is 0 Å². The van der Waals surface area contributed by atoms with Gasteiger partial charge in [0, 0.05) is 7.11 Å². The van der Waals surface area contributed by atoms with Gasteiger partial charge in [0.05, 0.1) is 4.47 Å². The third-order valence-electron chi connectivity index (χ3n) is 1.38. The Morgan fingerprint density at radius 3 is 2.86 bits per heavy atom. The van der Waals surface area contributed by atoms with Gasteiger partial charge in [0.1, 0.15) is 18.2 Å². The van der Waals surface area contributed by atoms with Crippen molar-refractivity contribution in [2.75, 3.05) is 13.7 Å². The maximum Gasteiger partial charge on any atom is 0.337 e. The molecule has 0 spiro atoms. The first-order chi connectivity index (χ1) is 6.63. The molecule has 0 saturated heterocycles. The Morgan fingerprint density at radius 2 is 2.29 bits per heavy atom. The van der Waals surface area contributed by atoms with Crippen LogP contribution in [-0.4, -0.2) is 19.7 Å². The zero-order valence-corrected chi connectivity index (χ0v) is 9.01. The number of carbonyl (C=O) groups is 1. The van der Waals surface area contributed by atoms with Gasteiger partial charge in [-0.05, 0) is 34.1 Å². The first-order valence-electron chi connectivity index (χ1n) is 3.78. The second-order valence-corrected chi connectivity index (χ2v) is 3.34. The molecule has 0 aromatic heterocycles. The Bertz CT molecular complexity index is 341. The van der Waals surface area contributed by atoms with E-state index in [4.69, 9.17) is 4.74 Å². The quantitative estimate of drug-likeness (QED) is 0.619. The number of hydrogen-bond donors (Lipinski definition) is 0. The van der Waals surface area contributed by atoms with Crippen molar-refractivity contribution in [1.29, 1.82) is 0 Å². The fraction of sp³-hybridized carbons (Fsp3) is 0.222. The average Bonchev–Trinajstić information content (AvgIpc) is 2.10. The van der Waals surface area contributed by atoms with Gasteiger partial charge in [-0.25, -0.2) is 9.18 Å². The molecular formula is C9H8BrFO3. The summed E-state index contributed by atoms with van der Waals surface area (Å²) in [6.07, 6.45) is 0. The van der Waals surface area contributed by atoms with E-state index in [0.29, 0.717) is 4.47 Å². The van der Waals surface area contributed by atoms with Crippen LogP contribution in [0.2, 0.25) is 0 Å². The van der Waals surface area contributed by atoms with E-state index in [2.05, 4.69) is 20.7 Å². The fourth-order valence-corrected chi connectivity index (χ4v) is 1.26. The monoisotopic (exact) mass is 262 g/mol. The lowest BCUT2D eigenvalue weighted by molar-refractivity contribution is -0.138.